The Kier molecular flexibility index (Phi) is 3.92. The molecule has 18 heavy (non-hydrogen) atoms. The second-order valence-corrected chi connectivity index (χ2v) is 4.89. The second-order valence-electron chi connectivity index (χ2n) is 4.89. The average Bonchev–Trinajstić information content (AvgIpc) is 2.67. The third-order valence-corrected chi connectivity index (χ3v) is 3.85. The van der Waals surface area contributed by atoms with Crippen molar-refractivity contribution in [1.82, 2.24) is 0 Å². The number of carbonyl (C=O) groups is 2. The number of ether oxygens (including phenoxy) is 1. The summed E-state index contributed by atoms with van der Waals surface area (Å²) in [6.45, 7) is 1.89. The van der Waals surface area contributed by atoms with Crippen LogP contribution in [0, 0.1) is 11.8 Å². The van der Waals surface area contributed by atoms with Gasteiger partial charge in [0.25, 0.3) is 0 Å². The van der Waals surface area contributed by atoms with Crippen molar-refractivity contribution in [2.45, 2.75) is 25.9 Å². The first kappa shape index (κ1) is 13.0. The topological polar surface area (TPSA) is 43.4 Å². The first-order chi connectivity index (χ1) is 8.63. The molecule has 1 fully saturated rings. The standard InChI is InChI=1S/C15H18O3/c1-10-12(15(18-2)9-13(10)16)8-14(17)11-6-4-3-5-7-11/h3-7,10,12,15H,8-9H2,1-2H3/t10-,12-,15?/m1/s1. The fraction of sp³-hybridized carbons (Fsp3) is 0.467. The third kappa shape index (κ3) is 2.51. The van der Waals surface area contributed by atoms with E-state index in [0.29, 0.717) is 18.4 Å². The zero-order valence-corrected chi connectivity index (χ0v) is 10.8. The van der Waals surface area contributed by atoms with Gasteiger partial charge in [0.1, 0.15) is 5.78 Å². The Bertz CT molecular complexity index is 438. The molecule has 1 aliphatic rings. The molecule has 0 bridgehead atoms. The fourth-order valence-electron chi connectivity index (χ4n) is 2.62. The van der Waals surface area contributed by atoms with Crippen LogP contribution in [0.3, 0.4) is 0 Å². The van der Waals surface area contributed by atoms with Crippen molar-refractivity contribution < 1.29 is 14.3 Å². The van der Waals surface area contributed by atoms with E-state index in [4.69, 9.17) is 4.74 Å². The highest BCUT2D eigenvalue weighted by molar-refractivity contribution is 5.97. The van der Waals surface area contributed by atoms with Gasteiger partial charge in [-0.2, -0.15) is 0 Å². The molecule has 3 heteroatoms. The lowest BCUT2D eigenvalue weighted by Gasteiger charge is -2.19. The van der Waals surface area contributed by atoms with Crippen LogP contribution in [-0.4, -0.2) is 24.8 Å². The number of methoxy groups -OCH3 is 1. The summed E-state index contributed by atoms with van der Waals surface area (Å²) in [5.41, 5.74) is 0.707. The lowest BCUT2D eigenvalue weighted by molar-refractivity contribution is -0.120. The van der Waals surface area contributed by atoms with Gasteiger partial charge < -0.3 is 4.74 Å². The van der Waals surface area contributed by atoms with E-state index in [-0.39, 0.29) is 29.5 Å². The molecule has 0 radical (unpaired) electrons. The summed E-state index contributed by atoms with van der Waals surface area (Å²) < 4.78 is 5.33. The minimum atomic E-state index is -0.111. The SMILES string of the molecule is COC1CC(=O)[C@H](C)[C@H]1CC(=O)c1ccccc1. The molecule has 1 aliphatic carbocycles. The van der Waals surface area contributed by atoms with Crippen molar-refractivity contribution >= 4 is 11.6 Å². The van der Waals surface area contributed by atoms with E-state index < -0.39 is 0 Å². The molecular weight excluding hydrogens is 228 g/mol. The largest absolute Gasteiger partial charge is 0.381 e. The van der Waals surface area contributed by atoms with Crippen molar-refractivity contribution in [3.8, 4) is 0 Å². The van der Waals surface area contributed by atoms with Gasteiger partial charge in [0.15, 0.2) is 5.78 Å². The van der Waals surface area contributed by atoms with Crippen LogP contribution >= 0.6 is 0 Å². The van der Waals surface area contributed by atoms with Gasteiger partial charge in [-0.15, -0.1) is 0 Å². The third-order valence-electron chi connectivity index (χ3n) is 3.85. The van der Waals surface area contributed by atoms with Crippen LogP contribution in [-0.2, 0) is 9.53 Å². The zero-order valence-electron chi connectivity index (χ0n) is 10.8. The molecule has 1 aromatic rings. The second kappa shape index (κ2) is 5.44. The molecule has 0 amide bonds. The monoisotopic (exact) mass is 246 g/mol. The van der Waals surface area contributed by atoms with Gasteiger partial charge >= 0.3 is 0 Å². The predicted octanol–water partition coefficient (Wildman–Crippen LogP) is 2.50. The summed E-state index contributed by atoms with van der Waals surface area (Å²) in [6.07, 6.45) is 0.708. The van der Waals surface area contributed by atoms with E-state index >= 15 is 0 Å². The Morgan fingerprint density at radius 3 is 2.61 bits per heavy atom. The van der Waals surface area contributed by atoms with Crippen LogP contribution in [0.5, 0.6) is 0 Å². The van der Waals surface area contributed by atoms with Gasteiger partial charge in [-0.3, -0.25) is 9.59 Å². The molecule has 1 aromatic carbocycles. The minimum Gasteiger partial charge on any atom is -0.381 e. The number of Topliss-reactive ketones (excluding diaryl/α,β-unsaturated/α-hetero) is 2. The zero-order chi connectivity index (χ0) is 13.1. The van der Waals surface area contributed by atoms with Crippen LogP contribution in [0.15, 0.2) is 30.3 Å². The molecule has 0 saturated heterocycles. The summed E-state index contributed by atoms with van der Waals surface area (Å²) in [7, 11) is 1.61. The van der Waals surface area contributed by atoms with Gasteiger partial charge in [-0.1, -0.05) is 37.3 Å². The van der Waals surface area contributed by atoms with Gasteiger partial charge in [-0.25, -0.2) is 0 Å². The van der Waals surface area contributed by atoms with Crippen molar-refractivity contribution in [2.75, 3.05) is 7.11 Å². The molecule has 0 aromatic heterocycles. The maximum atomic E-state index is 12.1. The molecule has 1 saturated carbocycles. The number of rotatable bonds is 4. The number of ketones is 2. The minimum absolute atomic E-state index is 0.00945. The quantitative estimate of drug-likeness (QED) is 0.767. The van der Waals surface area contributed by atoms with E-state index in [1.165, 1.54) is 0 Å². The molecule has 0 aliphatic heterocycles. The first-order valence-electron chi connectivity index (χ1n) is 6.27. The maximum absolute atomic E-state index is 12.1. The van der Waals surface area contributed by atoms with Gasteiger partial charge in [0.05, 0.1) is 6.10 Å². The molecule has 0 spiro atoms. The van der Waals surface area contributed by atoms with Crippen molar-refractivity contribution in [3.63, 3.8) is 0 Å². The van der Waals surface area contributed by atoms with Crippen molar-refractivity contribution in [3.05, 3.63) is 35.9 Å². The highest BCUT2D eigenvalue weighted by Gasteiger charge is 2.40. The van der Waals surface area contributed by atoms with Crippen LogP contribution in [0.4, 0.5) is 0 Å². The Morgan fingerprint density at radius 1 is 1.33 bits per heavy atom. The normalized spacial score (nSPS) is 27.4. The van der Waals surface area contributed by atoms with E-state index in [1.54, 1.807) is 7.11 Å². The fourth-order valence-corrected chi connectivity index (χ4v) is 2.62. The predicted molar refractivity (Wildman–Crippen MR) is 68.5 cm³/mol. The number of carbonyl (C=O) groups excluding carboxylic acids is 2. The highest BCUT2D eigenvalue weighted by atomic mass is 16.5. The molecule has 0 heterocycles. The molecule has 0 N–H and O–H groups in total. The lowest BCUT2D eigenvalue weighted by Crippen LogP contribution is -2.23. The van der Waals surface area contributed by atoms with Gasteiger partial charge in [-0.05, 0) is 0 Å². The van der Waals surface area contributed by atoms with E-state index in [9.17, 15) is 9.59 Å². The molecule has 3 atom stereocenters. The summed E-state index contributed by atoms with van der Waals surface area (Å²) in [4.78, 5) is 23.8. The summed E-state index contributed by atoms with van der Waals surface area (Å²) in [6, 6.07) is 9.21. The smallest absolute Gasteiger partial charge is 0.163 e. The Balaban J connectivity index is 2.09. The Hall–Kier alpha value is -1.48. The molecule has 3 nitrogen and oxygen atoms in total. The number of hydrogen-bond donors (Lipinski definition) is 0. The van der Waals surface area contributed by atoms with Crippen LogP contribution < -0.4 is 0 Å². The molecule has 96 valence electrons. The van der Waals surface area contributed by atoms with Crippen molar-refractivity contribution in [2.24, 2.45) is 11.8 Å². The summed E-state index contributed by atoms with van der Waals surface area (Å²) in [5.74, 6) is 0.217. The highest BCUT2D eigenvalue weighted by Crippen LogP contribution is 2.34. The lowest BCUT2D eigenvalue weighted by atomic mass is 9.89. The van der Waals surface area contributed by atoms with E-state index in [1.807, 2.05) is 37.3 Å². The Morgan fingerprint density at radius 2 is 2.00 bits per heavy atom. The summed E-state index contributed by atoms with van der Waals surface area (Å²) in [5, 5.41) is 0. The van der Waals surface area contributed by atoms with Gasteiger partial charge in [0, 0.05) is 37.4 Å². The number of hydrogen-bond acceptors (Lipinski definition) is 3. The van der Waals surface area contributed by atoms with Crippen molar-refractivity contribution in [1.29, 1.82) is 0 Å². The van der Waals surface area contributed by atoms with Gasteiger partial charge in [0.2, 0.25) is 0 Å². The molecule has 1 unspecified atom stereocenters. The number of benzene rings is 1. The first-order valence-corrected chi connectivity index (χ1v) is 6.27. The van der Waals surface area contributed by atoms with Crippen LogP contribution in [0.25, 0.3) is 0 Å². The Labute approximate surface area is 107 Å². The van der Waals surface area contributed by atoms with E-state index in [2.05, 4.69) is 0 Å². The average molecular weight is 246 g/mol. The van der Waals surface area contributed by atoms with Crippen LogP contribution in [0.2, 0.25) is 0 Å². The molecule has 2 rings (SSSR count). The van der Waals surface area contributed by atoms with E-state index in [0.717, 1.165) is 0 Å². The maximum Gasteiger partial charge on any atom is 0.163 e. The summed E-state index contributed by atoms with van der Waals surface area (Å²) >= 11 is 0. The van der Waals surface area contributed by atoms with Crippen LogP contribution in [0.1, 0.15) is 30.1 Å². The molecular formula is C15H18O3.